The number of likely N-dealkylation sites (tertiary alicyclic amines) is 1. The first-order valence-corrected chi connectivity index (χ1v) is 9.02. The maximum Gasteiger partial charge on any atom is 0.253 e. The van der Waals surface area contributed by atoms with Crippen molar-refractivity contribution in [2.24, 2.45) is 5.73 Å². The van der Waals surface area contributed by atoms with Crippen molar-refractivity contribution in [3.8, 4) is 0 Å². The van der Waals surface area contributed by atoms with Crippen LogP contribution in [0, 0.1) is 0 Å². The number of carbonyl (C=O) groups excluding carboxylic acids is 1. The van der Waals surface area contributed by atoms with Gasteiger partial charge < -0.3 is 10.6 Å². The molecule has 2 aromatic rings. The van der Waals surface area contributed by atoms with E-state index in [1.807, 2.05) is 35.2 Å². The summed E-state index contributed by atoms with van der Waals surface area (Å²) in [6.07, 6.45) is 1.80. The fraction of sp³-hybridized carbons (Fsp3) is 0.316. The van der Waals surface area contributed by atoms with Crippen LogP contribution in [-0.4, -0.2) is 29.9 Å². The highest BCUT2D eigenvalue weighted by molar-refractivity contribution is 7.98. The van der Waals surface area contributed by atoms with Crippen molar-refractivity contribution in [3.05, 3.63) is 65.7 Å². The van der Waals surface area contributed by atoms with Gasteiger partial charge in [-0.25, -0.2) is 0 Å². The van der Waals surface area contributed by atoms with E-state index >= 15 is 0 Å². The zero-order chi connectivity index (χ0) is 16.1. The second-order valence-corrected chi connectivity index (χ2v) is 6.98. The Morgan fingerprint density at radius 1 is 1.04 bits per heavy atom. The average molecular weight is 326 g/mol. The van der Waals surface area contributed by atoms with Crippen molar-refractivity contribution in [2.45, 2.75) is 29.5 Å². The molecule has 0 aliphatic carbocycles. The summed E-state index contributed by atoms with van der Waals surface area (Å²) in [7, 11) is 0. The van der Waals surface area contributed by atoms with E-state index in [9.17, 15) is 4.79 Å². The van der Waals surface area contributed by atoms with Gasteiger partial charge in [0, 0.05) is 35.3 Å². The van der Waals surface area contributed by atoms with Crippen molar-refractivity contribution in [1.82, 2.24) is 4.90 Å². The van der Waals surface area contributed by atoms with Gasteiger partial charge in [-0.15, -0.1) is 11.8 Å². The summed E-state index contributed by atoms with van der Waals surface area (Å²) in [6, 6.07) is 18.6. The van der Waals surface area contributed by atoms with E-state index in [0.29, 0.717) is 0 Å². The summed E-state index contributed by atoms with van der Waals surface area (Å²) in [5.41, 5.74) is 7.97. The van der Waals surface area contributed by atoms with Crippen LogP contribution in [0.1, 0.15) is 28.8 Å². The van der Waals surface area contributed by atoms with Crippen LogP contribution in [0.3, 0.4) is 0 Å². The molecule has 0 atom stereocenters. The Bertz CT molecular complexity index is 634. The molecule has 1 amide bonds. The highest BCUT2D eigenvalue weighted by Gasteiger charge is 2.21. The molecule has 1 fully saturated rings. The van der Waals surface area contributed by atoms with Crippen molar-refractivity contribution >= 4 is 17.7 Å². The van der Waals surface area contributed by atoms with Gasteiger partial charge in [-0.05, 0) is 42.7 Å². The summed E-state index contributed by atoms with van der Waals surface area (Å²) in [5, 5.41) is 0. The van der Waals surface area contributed by atoms with Gasteiger partial charge in [0.15, 0.2) is 0 Å². The first kappa shape index (κ1) is 16.1. The lowest BCUT2D eigenvalue weighted by Crippen LogP contribution is -2.42. The minimum absolute atomic E-state index is 0.122. The largest absolute Gasteiger partial charge is 0.339 e. The molecule has 1 heterocycles. The molecule has 0 saturated carbocycles. The predicted molar refractivity (Wildman–Crippen MR) is 95.6 cm³/mol. The molecule has 1 saturated heterocycles. The van der Waals surface area contributed by atoms with Crippen molar-refractivity contribution in [2.75, 3.05) is 13.1 Å². The molecule has 3 rings (SSSR count). The molecule has 2 aromatic carbocycles. The molecule has 0 radical (unpaired) electrons. The lowest BCUT2D eigenvalue weighted by atomic mass is 10.1. The Labute approximate surface area is 141 Å². The minimum Gasteiger partial charge on any atom is -0.339 e. The molecule has 2 N–H and O–H groups in total. The van der Waals surface area contributed by atoms with Gasteiger partial charge >= 0.3 is 0 Å². The van der Waals surface area contributed by atoms with Crippen LogP contribution in [0.15, 0.2) is 59.5 Å². The molecular formula is C19H22N2OS. The molecule has 0 aromatic heterocycles. The summed E-state index contributed by atoms with van der Waals surface area (Å²) in [5.74, 6) is 1.06. The van der Waals surface area contributed by atoms with Gasteiger partial charge in [0.05, 0.1) is 0 Å². The fourth-order valence-electron chi connectivity index (χ4n) is 2.72. The fourth-order valence-corrected chi connectivity index (χ4v) is 3.57. The van der Waals surface area contributed by atoms with Gasteiger partial charge in [-0.3, -0.25) is 4.79 Å². The highest BCUT2D eigenvalue weighted by Crippen LogP contribution is 2.23. The normalized spacial score (nSPS) is 15.6. The number of nitrogens with two attached hydrogens (primary N) is 1. The van der Waals surface area contributed by atoms with Crippen LogP contribution in [-0.2, 0) is 5.75 Å². The second-order valence-electron chi connectivity index (χ2n) is 5.93. The third-order valence-electron chi connectivity index (χ3n) is 4.18. The Balaban J connectivity index is 1.57. The first-order chi connectivity index (χ1) is 11.2. The summed E-state index contributed by atoms with van der Waals surface area (Å²) in [6.45, 7) is 1.54. The molecule has 3 nitrogen and oxygen atoms in total. The quantitative estimate of drug-likeness (QED) is 0.874. The zero-order valence-electron chi connectivity index (χ0n) is 13.2. The number of carbonyl (C=O) groups is 1. The third-order valence-corrected chi connectivity index (χ3v) is 5.26. The number of piperidine rings is 1. The van der Waals surface area contributed by atoms with Crippen LogP contribution in [0.4, 0.5) is 0 Å². The molecule has 0 unspecified atom stereocenters. The van der Waals surface area contributed by atoms with E-state index in [-0.39, 0.29) is 11.9 Å². The standard InChI is InChI=1S/C19H22N2OS/c20-17-10-12-21(13-11-17)19(22)16-6-8-18(9-7-16)23-14-15-4-2-1-3-5-15/h1-9,17H,10-14,20H2. The van der Waals surface area contributed by atoms with Gasteiger partial charge in [0.2, 0.25) is 0 Å². The summed E-state index contributed by atoms with van der Waals surface area (Å²) in [4.78, 5) is 15.6. The van der Waals surface area contributed by atoms with E-state index < -0.39 is 0 Å². The maximum atomic E-state index is 12.5. The number of amides is 1. The molecule has 4 heteroatoms. The van der Waals surface area contributed by atoms with E-state index in [2.05, 4.69) is 24.3 Å². The Morgan fingerprint density at radius 2 is 1.70 bits per heavy atom. The van der Waals surface area contributed by atoms with Gasteiger partial charge in [-0.1, -0.05) is 30.3 Å². The van der Waals surface area contributed by atoms with Crippen LogP contribution < -0.4 is 5.73 Å². The monoisotopic (exact) mass is 326 g/mol. The Morgan fingerprint density at radius 3 is 2.35 bits per heavy atom. The number of thioether (sulfide) groups is 1. The number of rotatable bonds is 4. The maximum absolute atomic E-state index is 12.5. The molecular weight excluding hydrogens is 304 g/mol. The molecule has 0 spiro atoms. The number of nitrogens with zero attached hydrogens (tertiary/aromatic N) is 1. The van der Waals surface area contributed by atoms with Gasteiger partial charge in [0.25, 0.3) is 5.91 Å². The molecule has 0 bridgehead atoms. The topological polar surface area (TPSA) is 46.3 Å². The predicted octanol–water partition coefficient (Wildman–Crippen LogP) is 3.54. The third kappa shape index (κ3) is 4.36. The van der Waals surface area contributed by atoms with Gasteiger partial charge in [0.1, 0.15) is 0 Å². The minimum atomic E-state index is 0.122. The number of hydrogen-bond donors (Lipinski definition) is 1. The van der Waals surface area contributed by atoms with Crippen LogP contribution >= 0.6 is 11.8 Å². The molecule has 1 aliphatic rings. The molecule has 1 aliphatic heterocycles. The van der Waals surface area contributed by atoms with E-state index in [1.165, 1.54) is 10.5 Å². The number of benzene rings is 2. The van der Waals surface area contributed by atoms with Crippen molar-refractivity contribution in [3.63, 3.8) is 0 Å². The Kier molecular flexibility index (Phi) is 5.36. The van der Waals surface area contributed by atoms with Crippen LogP contribution in [0.25, 0.3) is 0 Å². The van der Waals surface area contributed by atoms with E-state index in [0.717, 1.165) is 37.2 Å². The first-order valence-electron chi connectivity index (χ1n) is 8.04. The lowest BCUT2D eigenvalue weighted by molar-refractivity contribution is 0.0714. The van der Waals surface area contributed by atoms with Crippen LogP contribution in [0.2, 0.25) is 0 Å². The Hall–Kier alpha value is -1.78. The highest BCUT2D eigenvalue weighted by atomic mass is 32.2. The van der Waals surface area contributed by atoms with Crippen LogP contribution in [0.5, 0.6) is 0 Å². The second kappa shape index (κ2) is 7.66. The van der Waals surface area contributed by atoms with Gasteiger partial charge in [-0.2, -0.15) is 0 Å². The SMILES string of the molecule is NC1CCN(C(=O)c2ccc(SCc3ccccc3)cc2)CC1. The summed E-state index contributed by atoms with van der Waals surface area (Å²) < 4.78 is 0. The van der Waals surface area contributed by atoms with E-state index in [4.69, 9.17) is 5.73 Å². The van der Waals surface area contributed by atoms with Crippen molar-refractivity contribution in [1.29, 1.82) is 0 Å². The lowest BCUT2D eigenvalue weighted by Gasteiger charge is -2.30. The summed E-state index contributed by atoms with van der Waals surface area (Å²) >= 11 is 1.79. The molecule has 120 valence electrons. The molecule has 23 heavy (non-hydrogen) atoms. The van der Waals surface area contributed by atoms with Crippen molar-refractivity contribution < 1.29 is 4.79 Å². The van der Waals surface area contributed by atoms with E-state index in [1.54, 1.807) is 11.8 Å². The zero-order valence-corrected chi connectivity index (χ0v) is 14.0. The average Bonchev–Trinajstić information content (AvgIpc) is 2.61. The number of hydrogen-bond acceptors (Lipinski definition) is 3. The smallest absolute Gasteiger partial charge is 0.253 e.